The molecule has 0 spiro atoms. The van der Waals surface area contributed by atoms with Crippen LogP contribution in [-0.2, 0) is 12.7 Å². The number of alkyl halides is 3. The van der Waals surface area contributed by atoms with Crippen molar-refractivity contribution in [3.05, 3.63) is 123 Å². The highest BCUT2D eigenvalue weighted by atomic mass is 19.4. The Morgan fingerprint density at radius 1 is 0.912 bits per heavy atom. The smallest absolute Gasteiger partial charge is 0.407 e. The van der Waals surface area contributed by atoms with Gasteiger partial charge in [0.25, 0.3) is 11.2 Å². The minimum atomic E-state index is -4.83. The highest BCUT2D eigenvalue weighted by Gasteiger charge is 2.36. The molecule has 4 aromatic rings. The fourth-order valence-corrected chi connectivity index (χ4v) is 3.63. The number of halogens is 3. The van der Waals surface area contributed by atoms with Gasteiger partial charge in [-0.1, -0.05) is 54.1 Å². The minimum Gasteiger partial charge on any atom is -0.457 e. The van der Waals surface area contributed by atoms with Gasteiger partial charge in [-0.25, -0.2) is 4.85 Å². The van der Waals surface area contributed by atoms with Crippen LogP contribution in [-0.4, -0.2) is 4.57 Å². The summed E-state index contributed by atoms with van der Waals surface area (Å²) in [5, 5.41) is 0. The maximum absolute atomic E-state index is 13.7. The van der Waals surface area contributed by atoms with Crippen molar-refractivity contribution in [3.63, 3.8) is 0 Å². The van der Waals surface area contributed by atoms with Crippen molar-refractivity contribution in [2.45, 2.75) is 19.6 Å². The van der Waals surface area contributed by atoms with Gasteiger partial charge in [0.2, 0.25) is 0 Å². The van der Waals surface area contributed by atoms with Crippen molar-refractivity contribution in [1.82, 2.24) is 4.57 Å². The third-order valence-electron chi connectivity index (χ3n) is 5.25. The number of aromatic nitrogens is 1. The number of rotatable bonds is 5. The van der Waals surface area contributed by atoms with E-state index in [0.29, 0.717) is 22.6 Å². The molecule has 34 heavy (non-hydrogen) atoms. The second-order valence-corrected chi connectivity index (χ2v) is 7.72. The van der Waals surface area contributed by atoms with Crippen molar-refractivity contribution in [2.24, 2.45) is 0 Å². The van der Waals surface area contributed by atoms with E-state index < -0.39 is 23.0 Å². The Hall–Kier alpha value is -4.31. The van der Waals surface area contributed by atoms with Crippen LogP contribution >= 0.6 is 0 Å². The molecule has 0 amide bonds. The highest BCUT2D eigenvalue weighted by molar-refractivity contribution is 5.66. The SMILES string of the molecule is [C-]#[N+]c1c(C(F)(F)F)cc(-c2cccc(C)c2)n(Cc2ccc(Oc3ccccc3)cc2)c1=O. The Balaban J connectivity index is 1.77. The Morgan fingerprint density at radius 2 is 1.59 bits per heavy atom. The van der Waals surface area contributed by atoms with Gasteiger partial charge in [0, 0.05) is 12.2 Å². The van der Waals surface area contributed by atoms with Gasteiger partial charge >= 0.3 is 6.18 Å². The average Bonchev–Trinajstić information content (AvgIpc) is 2.81. The van der Waals surface area contributed by atoms with Gasteiger partial charge in [0.1, 0.15) is 11.5 Å². The topological polar surface area (TPSA) is 35.6 Å². The molecule has 0 saturated heterocycles. The third kappa shape index (κ3) is 4.86. The van der Waals surface area contributed by atoms with Crippen LogP contribution in [0.2, 0.25) is 0 Å². The predicted octanol–water partition coefficient (Wildman–Crippen LogP) is 7.23. The summed E-state index contributed by atoms with van der Waals surface area (Å²) in [4.78, 5) is 16.0. The monoisotopic (exact) mass is 460 g/mol. The maximum atomic E-state index is 13.7. The summed E-state index contributed by atoms with van der Waals surface area (Å²) in [6, 6.07) is 23.9. The molecule has 0 unspecified atom stereocenters. The molecule has 4 rings (SSSR count). The molecule has 0 N–H and O–H groups in total. The number of aryl methyl sites for hydroxylation is 1. The fraction of sp³-hybridized carbons (Fsp3) is 0.111. The van der Waals surface area contributed by atoms with Crippen LogP contribution in [0.1, 0.15) is 16.7 Å². The van der Waals surface area contributed by atoms with E-state index in [1.807, 2.05) is 43.3 Å². The lowest BCUT2D eigenvalue weighted by molar-refractivity contribution is -0.136. The van der Waals surface area contributed by atoms with Crippen LogP contribution in [0, 0.1) is 13.5 Å². The summed E-state index contributed by atoms with van der Waals surface area (Å²) < 4.78 is 48.0. The molecule has 0 aliphatic heterocycles. The molecule has 7 heteroatoms. The quantitative estimate of drug-likeness (QED) is 0.295. The highest BCUT2D eigenvalue weighted by Crippen LogP contribution is 2.37. The first-order chi connectivity index (χ1) is 16.3. The molecule has 170 valence electrons. The molecule has 0 aliphatic carbocycles. The van der Waals surface area contributed by atoms with Crippen molar-refractivity contribution in [1.29, 1.82) is 0 Å². The van der Waals surface area contributed by atoms with Gasteiger partial charge in [0.15, 0.2) is 0 Å². The number of hydrogen-bond acceptors (Lipinski definition) is 2. The van der Waals surface area contributed by atoms with E-state index >= 15 is 0 Å². The first-order valence-electron chi connectivity index (χ1n) is 10.4. The summed E-state index contributed by atoms with van der Waals surface area (Å²) >= 11 is 0. The fourth-order valence-electron chi connectivity index (χ4n) is 3.63. The molecule has 1 heterocycles. The van der Waals surface area contributed by atoms with Crippen molar-refractivity contribution < 1.29 is 17.9 Å². The number of pyridine rings is 1. The number of benzene rings is 3. The number of para-hydroxylation sites is 1. The molecule has 0 bridgehead atoms. The first kappa shape index (κ1) is 22.9. The summed E-state index contributed by atoms with van der Waals surface area (Å²) in [5.41, 5.74) is -1.08. The lowest BCUT2D eigenvalue weighted by atomic mass is 10.0. The third-order valence-corrected chi connectivity index (χ3v) is 5.25. The molecule has 3 aromatic carbocycles. The van der Waals surface area contributed by atoms with Crippen LogP contribution in [0.15, 0.2) is 89.7 Å². The van der Waals surface area contributed by atoms with E-state index in [9.17, 15) is 18.0 Å². The van der Waals surface area contributed by atoms with Crippen LogP contribution < -0.4 is 10.3 Å². The van der Waals surface area contributed by atoms with Crippen LogP contribution in [0.3, 0.4) is 0 Å². The lowest BCUT2D eigenvalue weighted by Gasteiger charge is -2.18. The van der Waals surface area contributed by atoms with Crippen LogP contribution in [0.25, 0.3) is 16.1 Å². The standard InChI is InChI=1S/C27H19F3N2O2/c1-18-7-6-8-20(15-18)24-16-23(27(28,29)30)25(31-2)26(33)32(24)17-19-11-13-22(14-12-19)34-21-9-4-3-5-10-21/h3-16H,17H2,1H3. The Bertz CT molecular complexity index is 1420. The van der Waals surface area contributed by atoms with Gasteiger partial charge in [-0.2, -0.15) is 13.2 Å². The van der Waals surface area contributed by atoms with Gasteiger partial charge in [-0.05, 0) is 54.4 Å². The van der Waals surface area contributed by atoms with Crippen LogP contribution in [0.4, 0.5) is 18.9 Å². The number of hydrogen-bond donors (Lipinski definition) is 0. The van der Waals surface area contributed by atoms with E-state index in [-0.39, 0.29) is 12.2 Å². The van der Waals surface area contributed by atoms with Gasteiger partial charge in [-0.15, -0.1) is 0 Å². The zero-order valence-electron chi connectivity index (χ0n) is 18.1. The number of ether oxygens (including phenoxy) is 1. The molecule has 0 saturated carbocycles. The second-order valence-electron chi connectivity index (χ2n) is 7.72. The van der Waals surface area contributed by atoms with Crippen molar-refractivity contribution >= 4 is 5.69 Å². The van der Waals surface area contributed by atoms with E-state index in [4.69, 9.17) is 11.3 Å². The van der Waals surface area contributed by atoms with E-state index in [1.165, 1.54) is 4.57 Å². The summed E-state index contributed by atoms with van der Waals surface area (Å²) in [7, 11) is 0. The lowest BCUT2D eigenvalue weighted by Crippen LogP contribution is -2.25. The average molecular weight is 460 g/mol. The zero-order chi connectivity index (χ0) is 24.3. The van der Waals surface area contributed by atoms with Gasteiger partial charge in [-0.3, -0.25) is 4.79 Å². The largest absolute Gasteiger partial charge is 0.457 e. The van der Waals surface area contributed by atoms with Crippen molar-refractivity contribution in [3.8, 4) is 22.8 Å². The molecular formula is C27H19F3N2O2. The molecule has 0 radical (unpaired) electrons. The first-order valence-corrected chi connectivity index (χ1v) is 10.4. The van der Waals surface area contributed by atoms with Gasteiger partial charge < -0.3 is 9.30 Å². The normalized spacial score (nSPS) is 11.1. The Labute approximate surface area is 194 Å². The van der Waals surface area contributed by atoms with Crippen LogP contribution in [0.5, 0.6) is 11.5 Å². The summed E-state index contributed by atoms with van der Waals surface area (Å²) in [6.07, 6.45) is -4.83. The predicted molar refractivity (Wildman–Crippen MR) is 124 cm³/mol. The van der Waals surface area contributed by atoms with E-state index in [1.54, 1.807) is 42.5 Å². The maximum Gasteiger partial charge on any atom is 0.407 e. The molecule has 0 aliphatic rings. The second kappa shape index (κ2) is 9.28. The summed E-state index contributed by atoms with van der Waals surface area (Å²) in [5.74, 6) is 1.24. The minimum absolute atomic E-state index is 0.00557. The van der Waals surface area contributed by atoms with Crippen molar-refractivity contribution in [2.75, 3.05) is 0 Å². The summed E-state index contributed by atoms with van der Waals surface area (Å²) in [6.45, 7) is 9.03. The molecule has 4 nitrogen and oxygen atoms in total. The molecule has 0 fully saturated rings. The number of nitrogens with zero attached hydrogens (tertiary/aromatic N) is 2. The molecule has 0 atom stereocenters. The Kier molecular flexibility index (Phi) is 6.24. The van der Waals surface area contributed by atoms with E-state index in [0.717, 1.165) is 11.6 Å². The molecular weight excluding hydrogens is 441 g/mol. The zero-order valence-corrected chi connectivity index (χ0v) is 18.1. The van der Waals surface area contributed by atoms with Gasteiger partial charge in [0.05, 0.1) is 12.1 Å². The Morgan fingerprint density at radius 3 is 2.21 bits per heavy atom. The van der Waals surface area contributed by atoms with E-state index in [2.05, 4.69) is 4.85 Å². The molecule has 1 aromatic heterocycles.